The van der Waals surface area contributed by atoms with Crippen molar-refractivity contribution in [2.75, 3.05) is 12.4 Å². The molecular weight excluding hydrogens is 342 g/mol. The van der Waals surface area contributed by atoms with Gasteiger partial charge in [-0.05, 0) is 19.4 Å². The van der Waals surface area contributed by atoms with Gasteiger partial charge in [0.25, 0.3) is 0 Å². The van der Waals surface area contributed by atoms with Gasteiger partial charge >= 0.3 is 11.9 Å². The number of amides is 1. The summed E-state index contributed by atoms with van der Waals surface area (Å²) >= 11 is 1.23. The van der Waals surface area contributed by atoms with Crippen molar-refractivity contribution in [2.45, 2.75) is 13.8 Å². The summed E-state index contributed by atoms with van der Waals surface area (Å²) in [5.41, 5.74) is 2.87. The molecule has 0 aliphatic carbocycles. The summed E-state index contributed by atoms with van der Waals surface area (Å²) in [6.45, 7) is 3.81. The predicted molar refractivity (Wildman–Crippen MR) is 96.0 cm³/mol. The average molecular weight is 359 g/mol. The van der Waals surface area contributed by atoms with E-state index in [4.69, 9.17) is 9.84 Å². The highest BCUT2D eigenvalue weighted by Crippen LogP contribution is 2.40. The van der Waals surface area contributed by atoms with E-state index in [9.17, 15) is 14.4 Å². The van der Waals surface area contributed by atoms with Gasteiger partial charge in [0.15, 0.2) is 0 Å². The smallest absolute Gasteiger partial charge is 0.341 e. The van der Waals surface area contributed by atoms with E-state index in [1.165, 1.54) is 18.4 Å². The fourth-order valence-corrected chi connectivity index (χ4v) is 3.37. The lowest BCUT2D eigenvalue weighted by Gasteiger charge is -2.07. The standard InChI is InChI=1S/C18H17NO5S/c1-10-4-6-12(7-5-10)15-11(2)25-17(16(15)18(23)24-3)19-13(20)8-9-14(21)22/h4-9H,1-3H3,(H,19,20)(H,21,22)/b9-8+. The highest BCUT2D eigenvalue weighted by molar-refractivity contribution is 7.17. The van der Waals surface area contributed by atoms with Gasteiger partial charge in [0.2, 0.25) is 5.91 Å². The van der Waals surface area contributed by atoms with E-state index >= 15 is 0 Å². The number of carbonyl (C=O) groups is 3. The van der Waals surface area contributed by atoms with Gasteiger partial charge in [0, 0.05) is 22.6 Å². The Balaban J connectivity index is 2.49. The molecule has 6 nitrogen and oxygen atoms in total. The molecule has 2 aromatic rings. The molecule has 2 rings (SSSR count). The highest BCUT2D eigenvalue weighted by Gasteiger charge is 2.24. The zero-order valence-electron chi connectivity index (χ0n) is 14.0. The molecule has 1 heterocycles. The van der Waals surface area contributed by atoms with Crippen LogP contribution in [0.15, 0.2) is 36.4 Å². The summed E-state index contributed by atoms with van der Waals surface area (Å²) < 4.78 is 4.86. The third kappa shape index (κ3) is 4.33. The molecule has 7 heteroatoms. The predicted octanol–water partition coefficient (Wildman–Crippen LogP) is 3.40. The van der Waals surface area contributed by atoms with E-state index in [2.05, 4.69) is 5.32 Å². The maximum absolute atomic E-state index is 12.3. The fourth-order valence-electron chi connectivity index (χ4n) is 2.30. The van der Waals surface area contributed by atoms with Gasteiger partial charge < -0.3 is 15.2 Å². The van der Waals surface area contributed by atoms with Crippen molar-refractivity contribution in [1.82, 2.24) is 0 Å². The van der Waals surface area contributed by atoms with E-state index < -0.39 is 17.8 Å². The Labute approximate surface area is 148 Å². The third-order valence-corrected chi connectivity index (χ3v) is 4.45. The Bertz CT molecular complexity index is 849. The summed E-state index contributed by atoms with van der Waals surface area (Å²) in [4.78, 5) is 35.5. The van der Waals surface area contributed by atoms with Crippen LogP contribution in [-0.4, -0.2) is 30.1 Å². The number of carboxylic acid groups (broad SMARTS) is 1. The Morgan fingerprint density at radius 3 is 2.32 bits per heavy atom. The van der Waals surface area contributed by atoms with Crippen molar-refractivity contribution in [3.05, 3.63) is 52.4 Å². The number of hydrogen-bond donors (Lipinski definition) is 2. The summed E-state index contributed by atoms with van der Waals surface area (Å²) in [6, 6.07) is 7.65. The number of carbonyl (C=O) groups excluding carboxylic acids is 2. The van der Waals surface area contributed by atoms with Crippen molar-refractivity contribution in [3.8, 4) is 11.1 Å². The van der Waals surface area contributed by atoms with Gasteiger partial charge in [0.05, 0.1) is 7.11 Å². The Hall–Kier alpha value is -2.93. The number of rotatable bonds is 5. The van der Waals surface area contributed by atoms with Crippen LogP contribution < -0.4 is 5.32 Å². The number of aliphatic carboxylic acids is 1. The van der Waals surface area contributed by atoms with Crippen LogP contribution in [-0.2, 0) is 14.3 Å². The molecule has 0 fully saturated rings. The molecule has 130 valence electrons. The van der Waals surface area contributed by atoms with Crippen molar-refractivity contribution >= 4 is 34.2 Å². The van der Waals surface area contributed by atoms with Crippen LogP contribution in [0.2, 0.25) is 0 Å². The molecule has 2 N–H and O–H groups in total. The normalized spacial score (nSPS) is 10.7. The Morgan fingerprint density at radius 1 is 1.12 bits per heavy atom. The van der Waals surface area contributed by atoms with Gasteiger partial charge in [-0.2, -0.15) is 0 Å². The lowest BCUT2D eigenvalue weighted by atomic mass is 10.0. The molecule has 1 amide bonds. The number of methoxy groups -OCH3 is 1. The Morgan fingerprint density at radius 2 is 1.76 bits per heavy atom. The van der Waals surface area contributed by atoms with Crippen LogP contribution in [0, 0.1) is 13.8 Å². The molecule has 0 bridgehead atoms. The van der Waals surface area contributed by atoms with E-state index in [-0.39, 0.29) is 5.56 Å². The third-order valence-electron chi connectivity index (χ3n) is 3.43. The molecule has 0 spiro atoms. The second-order valence-electron chi connectivity index (χ2n) is 5.26. The van der Waals surface area contributed by atoms with Crippen molar-refractivity contribution in [2.24, 2.45) is 0 Å². The summed E-state index contributed by atoms with van der Waals surface area (Å²) in [5.74, 6) is -2.44. The largest absolute Gasteiger partial charge is 0.478 e. The Kier molecular flexibility index (Phi) is 5.71. The quantitative estimate of drug-likeness (QED) is 0.630. The van der Waals surface area contributed by atoms with Crippen molar-refractivity contribution < 1.29 is 24.2 Å². The summed E-state index contributed by atoms with van der Waals surface area (Å²) in [6.07, 6.45) is 1.62. The first kappa shape index (κ1) is 18.4. The molecule has 0 saturated heterocycles. The average Bonchev–Trinajstić information content (AvgIpc) is 2.89. The number of ether oxygens (including phenoxy) is 1. The van der Waals surface area contributed by atoms with Crippen LogP contribution in [0.5, 0.6) is 0 Å². The second kappa shape index (κ2) is 7.76. The lowest BCUT2D eigenvalue weighted by molar-refractivity contribution is -0.131. The zero-order chi connectivity index (χ0) is 18.6. The van der Waals surface area contributed by atoms with Crippen LogP contribution in [0.25, 0.3) is 11.1 Å². The molecule has 0 radical (unpaired) electrons. The summed E-state index contributed by atoms with van der Waals surface area (Å²) in [7, 11) is 1.27. The lowest BCUT2D eigenvalue weighted by Crippen LogP contribution is -2.12. The van der Waals surface area contributed by atoms with Crippen LogP contribution >= 0.6 is 11.3 Å². The first-order valence-electron chi connectivity index (χ1n) is 7.34. The summed E-state index contributed by atoms with van der Waals surface area (Å²) in [5, 5.41) is 11.5. The maximum Gasteiger partial charge on any atom is 0.341 e. The molecule has 25 heavy (non-hydrogen) atoms. The van der Waals surface area contributed by atoms with Crippen molar-refractivity contribution in [3.63, 3.8) is 0 Å². The molecule has 0 saturated carbocycles. The molecule has 0 aliphatic heterocycles. The second-order valence-corrected chi connectivity index (χ2v) is 6.48. The molecule has 1 aromatic heterocycles. The molecule has 0 atom stereocenters. The van der Waals surface area contributed by atoms with Crippen LogP contribution in [0.1, 0.15) is 20.8 Å². The van der Waals surface area contributed by atoms with E-state index in [0.29, 0.717) is 10.6 Å². The minimum atomic E-state index is -1.23. The van der Waals surface area contributed by atoms with Crippen LogP contribution in [0.3, 0.4) is 0 Å². The number of hydrogen-bond acceptors (Lipinski definition) is 5. The minimum absolute atomic E-state index is 0.255. The van der Waals surface area contributed by atoms with Gasteiger partial charge in [0.1, 0.15) is 10.6 Å². The van der Waals surface area contributed by atoms with Gasteiger partial charge in [-0.1, -0.05) is 29.8 Å². The number of nitrogens with one attached hydrogen (secondary N) is 1. The highest BCUT2D eigenvalue weighted by atomic mass is 32.1. The van der Waals surface area contributed by atoms with Gasteiger partial charge in [-0.3, -0.25) is 4.79 Å². The molecular formula is C18H17NO5S. The van der Waals surface area contributed by atoms with E-state index in [1.54, 1.807) is 0 Å². The van der Waals surface area contributed by atoms with E-state index in [1.807, 2.05) is 38.1 Å². The molecule has 0 unspecified atom stereocenters. The first-order valence-corrected chi connectivity index (χ1v) is 8.16. The number of aryl methyl sites for hydroxylation is 2. The SMILES string of the molecule is COC(=O)c1c(NC(=O)/C=C/C(=O)O)sc(C)c1-c1ccc(C)cc1. The number of anilines is 1. The number of benzene rings is 1. The number of esters is 1. The number of thiophene rings is 1. The van der Waals surface area contributed by atoms with Crippen molar-refractivity contribution in [1.29, 1.82) is 0 Å². The molecule has 0 aliphatic rings. The number of carboxylic acids is 1. The van der Waals surface area contributed by atoms with Crippen LogP contribution in [0.4, 0.5) is 5.00 Å². The van der Waals surface area contributed by atoms with Gasteiger partial charge in [-0.25, -0.2) is 9.59 Å². The van der Waals surface area contributed by atoms with Gasteiger partial charge in [-0.15, -0.1) is 11.3 Å². The minimum Gasteiger partial charge on any atom is -0.478 e. The molecule has 1 aromatic carbocycles. The topological polar surface area (TPSA) is 92.7 Å². The zero-order valence-corrected chi connectivity index (χ0v) is 14.8. The monoisotopic (exact) mass is 359 g/mol. The fraction of sp³-hybridized carbons (Fsp3) is 0.167. The maximum atomic E-state index is 12.3. The van der Waals surface area contributed by atoms with E-state index in [0.717, 1.165) is 28.2 Å². The first-order chi connectivity index (χ1) is 11.8.